The first kappa shape index (κ1) is 103. The summed E-state index contributed by atoms with van der Waals surface area (Å²) < 4.78 is 68.9. The molecule has 0 spiro atoms. The number of hydrogen-bond donors (Lipinski definition) is 3. The molecule has 0 saturated heterocycles. The molecule has 17 nitrogen and oxygen atoms in total. The van der Waals surface area contributed by atoms with Crippen LogP contribution in [0.3, 0.4) is 0 Å². The van der Waals surface area contributed by atoms with E-state index in [2.05, 4.69) is 34.6 Å². The van der Waals surface area contributed by atoms with Crippen molar-refractivity contribution in [2.75, 3.05) is 39.6 Å². The smallest absolute Gasteiger partial charge is 0.462 e. The second kappa shape index (κ2) is 78.7. The van der Waals surface area contributed by atoms with Crippen molar-refractivity contribution < 1.29 is 80.2 Å². The molecule has 0 aromatic heterocycles. The third-order valence-electron chi connectivity index (χ3n) is 20.3. The van der Waals surface area contributed by atoms with Crippen LogP contribution in [0.15, 0.2) is 0 Å². The zero-order chi connectivity index (χ0) is 76.9. The molecule has 19 heteroatoms. The van der Waals surface area contributed by atoms with E-state index in [-0.39, 0.29) is 25.7 Å². The van der Waals surface area contributed by atoms with Crippen LogP contribution in [0.25, 0.3) is 0 Å². The summed E-state index contributed by atoms with van der Waals surface area (Å²) in [5.41, 5.74) is 0. The van der Waals surface area contributed by atoms with Crippen molar-refractivity contribution in [3.05, 3.63) is 0 Å². The third-order valence-corrected chi connectivity index (χ3v) is 22.2. The van der Waals surface area contributed by atoms with Gasteiger partial charge in [0.1, 0.15) is 19.3 Å². The summed E-state index contributed by atoms with van der Waals surface area (Å²) in [6.45, 7) is 7.33. The second-order valence-corrected chi connectivity index (χ2v) is 34.3. The maximum absolute atomic E-state index is 13.1. The summed E-state index contributed by atoms with van der Waals surface area (Å²) in [6, 6.07) is 0. The zero-order valence-corrected chi connectivity index (χ0v) is 70.7. The van der Waals surface area contributed by atoms with Crippen LogP contribution in [0.4, 0.5) is 0 Å². The normalized spacial score (nSPS) is 13.8. The van der Waals surface area contributed by atoms with Gasteiger partial charge in [-0.15, -0.1) is 0 Å². The Labute approximate surface area is 645 Å². The molecule has 0 saturated carbocycles. The van der Waals surface area contributed by atoms with E-state index >= 15 is 0 Å². The molecule has 5 atom stereocenters. The van der Waals surface area contributed by atoms with Crippen LogP contribution in [0, 0.1) is 5.92 Å². The van der Waals surface area contributed by atoms with Gasteiger partial charge in [-0.3, -0.25) is 37.3 Å². The Kier molecular flexibility index (Phi) is 77.3. The van der Waals surface area contributed by atoms with Gasteiger partial charge in [-0.2, -0.15) is 0 Å². The molecule has 624 valence electrons. The predicted octanol–water partition coefficient (Wildman–Crippen LogP) is 26.4. The van der Waals surface area contributed by atoms with Crippen molar-refractivity contribution in [1.29, 1.82) is 0 Å². The quantitative estimate of drug-likeness (QED) is 0.0222. The van der Waals surface area contributed by atoms with Crippen LogP contribution in [0.2, 0.25) is 0 Å². The average molecular weight is 1540 g/mol. The van der Waals surface area contributed by atoms with E-state index in [1.165, 1.54) is 289 Å². The minimum atomic E-state index is -4.97. The summed E-state index contributed by atoms with van der Waals surface area (Å²) >= 11 is 0. The third kappa shape index (κ3) is 79.9. The first-order valence-corrected chi connectivity index (χ1v) is 47.6. The van der Waals surface area contributed by atoms with Gasteiger partial charge in [0.2, 0.25) is 0 Å². The number of carbonyl (C=O) groups excluding carboxylic acids is 4. The number of aliphatic hydroxyl groups is 1. The minimum Gasteiger partial charge on any atom is -0.462 e. The van der Waals surface area contributed by atoms with Crippen LogP contribution >= 0.6 is 15.6 Å². The van der Waals surface area contributed by atoms with Gasteiger partial charge in [-0.25, -0.2) is 9.13 Å². The molecule has 0 aromatic rings. The van der Waals surface area contributed by atoms with Gasteiger partial charge >= 0.3 is 39.5 Å². The second-order valence-electron chi connectivity index (χ2n) is 31.4. The van der Waals surface area contributed by atoms with Crippen molar-refractivity contribution in [2.24, 2.45) is 5.92 Å². The van der Waals surface area contributed by atoms with Gasteiger partial charge in [0.15, 0.2) is 12.2 Å². The van der Waals surface area contributed by atoms with Crippen molar-refractivity contribution in [3.63, 3.8) is 0 Å². The minimum absolute atomic E-state index is 0.106. The van der Waals surface area contributed by atoms with E-state index in [1.807, 2.05) is 0 Å². The zero-order valence-electron chi connectivity index (χ0n) is 68.9. The number of esters is 4. The van der Waals surface area contributed by atoms with Crippen molar-refractivity contribution in [1.82, 2.24) is 0 Å². The predicted molar refractivity (Wildman–Crippen MR) is 432 cm³/mol. The number of unbranched alkanes of at least 4 members (excludes halogenated alkanes) is 58. The lowest BCUT2D eigenvalue weighted by molar-refractivity contribution is -0.161. The summed E-state index contributed by atoms with van der Waals surface area (Å²) in [7, 11) is -9.93. The average Bonchev–Trinajstić information content (AvgIpc) is 0.908. The lowest BCUT2D eigenvalue weighted by atomic mass is 10.0. The van der Waals surface area contributed by atoms with Gasteiger partial charge in [-0.1, -0.05) is 413 Å². The molecule has 0 amide bonds. The number of hydrogen-bond acceptors (Lipinski definition) is 15. The highest BCUT2D eigenvalue weighted by molar-refractivity contribution is 7.47. The number of rotatable bonds is 86. The highest BCUT2D eigenvalue weighted by Crippen LogP contribution is 2.45. The molecule has 3 N–H and O–H groups in total. The Bertz CT molecular complexity index is 2000. The summed E-state index contributed by atoms with van der Waals surface area (Å²) in [4.78, 5) is 73.2. The molecule has 0 rings (SSSR count). The Balaban J connectivity index is 5.21. The van der Waals surface area contributed by atoms with Crippen molar-refractivity contribution >= 4 is 39.5 Å². The number of phosphoric acid groups is 2. The number of phosphoric ester groups is 2. The first-order valence-electron chi connectivity index (χ1n) is 44.6. The molecular weight excluding hydrogens is 1370 g/mol. The van der Waals surface area contributed by atoms with Crippen LogP contribution in [0.5, 0.6) is 0 Å². The van der Waals surface area contributed by atoms with E-state index < -0.39 is 97.5 Å². The first-order chi connectivity index (χ1) is 51.0. The molecule has 0 aromatic carbocycles. The van der Waals surface area contributed by atoms with Gasteiger partial charge in [0.05, 0.1) is 26.4 Å². The fourth-order valence-electron chi connectivity index (χ4n) is 13.5. The molecule has 105 heavy (non-hydrogen) atoms. The summed E-state index contributed by atoms with van der Waals surface area (Å²) in [5, 5.41) is 10.7. The van der Waals surface area contributed by atoms with Gasteiger partial charge in [0, 0.05) is 25.7 Å². The molecule has 0 radical (unpaired) electrons. The molecule has 0 bridgehead atoms. The fraction of sp³-hybridized carbons (Fsp3) is 0.953. The number of ether oxygens (including phenoxy) is 4. The van der Waals surface area contributed by atoms with Crippen LogP contribution in [-0.2, 0) is 65.4 Å². The lowest BCUT2D eigenvalue weighted by Crippen LogP contribution is -2.30. The standard InChI is InChI=1S/C86H168O17P2/c1-6-9-12-15-18-21-24-27-29-31-33-34-35-37-39-41-43-46-51-56-61-66-71-85(90)102-81(75-97-84(89)70-65-60-55-50-45-42-40-38-36-32-30-28-25-22-19-16-13-10-7-2)77-100-104(92,93)98-73-80(87)74-99-105(94,95)101-78-82(103-86(91)72-67-62-57-52-47-48-53-58-63-68-79(4)5)76-96-83(88)69-64-59-54-49-44-26-23-20-17-14-11-8-3/h79-82,87H,6-78H2,1-5H3,(H,92,93)(H,94,95)/t80-,81-,82-/m1/s1. The maximum atomic E-state index is 13.1. The van der Waals surface area contributed by atoms with E-state index in [0.29, 0.717) is 25.7 Å². The highest BCUT2D eigenvalue weighted by atomic mass is 31.2. The topological polar surface area (TPSA) is 237 Å². The van der Waals surface area contributed by atoms with Crippen molar-refractivity contribution in [2.45, 2.75) is 483 Å². The van der Waals surface area contributed by atoms with Gasteiger partial charge in [0.25, 0.3) is 0 Å². The van der Waals surface area contributed by atoms with Gasteiger partial charge < -0.3 is 33.8 Å². The number of aliphatic hydroxyl groups excluding tert-OH is 1. The summed E-state index contributed by atoms with van der Waals surface area (Å²) in [5.74, 6) is -1.36. The SMILES string of the molecule is CCCCCCCCCCCCCCCCCCCCCCCCC(=O)O[C@H](COC(=O)CCCCCCCCCCCCCCCCCCCCC)COP(=O)(O)OC[C@@H](O)COP(=O)(O)OC[C@@H](COC(=O)CCCCCCCCCCCCCC)OC(=O)CCCCCCCCCCCC(C)C. The highest BCUT2D eigenvalue weighted by Gasteiger charge is 2.30. The molecule has 0 heterocycles. The van der Waals surface area contributed by atoms with Crippen LogP contribution < -0.4 is 0 Å². The van der Waals surface area contributed by atoms with Gasteiger partial charge in [-0.05, 0) is 31.6 Å². The van der Waals surface area contributed by atoms with Crippen LogP contribution in [0.1, 0.15) is 465 Å². The molecule has 0 fully saturated rings. The molecule has 0 aliphatic rings. The van der Waals surface area contributed by atoms with E-state index in [4.69, 9.17) is 37.0 Å². The molecular formula is C86H168O17P2. The lowest BCUT2D eigenvalue weighted by Gasteiger charge is -2.21. The Morgan fingerprint density at radius 1 is 0.257 bits per heavy atom. The maximum Gasteiger partial charge on any atom is 0.472 e. The van der Waals surface area contributed by atoms with Crippen LogP contribution in [-0.4, -0.2) is 96.7 Å². The molecule has 2 unspecified atom stereocenters. The fourth-order valence-corrected chi connectivity index (χ4v) is 15.1. The number of carbonyl (C=O) groups is 4. The molecule has 0 aliphatic carbocycles. The largest absolute Gasteiger partial charge is 0.472 e. The Morgan fingerprint density at radius 3 is 0.648 bits per heavy atom. The van der Waals surface area contributed by atoms with E-state index in [0.717, 1.165) is 95.8 Å². The van der Waals surface area contributed by atoms with E-state index in [1.54, 1.807) is 0 Å². The van der Waals surface area contributed by atoms with Crippen molar-refractivity contribution in [3.8, 4) is 0 Å². The van der Waals surface area contributed by atoms with E-state index in [9.17, 15) is 43.2 Å². The molecule has 0 aliphatic heterocycles. The Hall–Kier alpha value is -1.94. The summed E-state index contributed by atoms with van der Waals surface area (Å²) in [6.07, 6.45) is 72.3. The monoisotopic (exact) mass is 1540 g/mol. The Morgan fingerprint density at radius 2 is 0.438 bits per heavy atom.